The molecule has 0 radical (unpaired) electrons. The second-order valence-corrected chi connectivity index (χ2v) is 6.79. The second kappa shape index (κ2) is 4.70. The Morgan fingerprint density at radius 1 is 0.680 bits per heavy atom. The van der Waals surface area contributed by atoms with Gasteiger partial charge in [0.05, 0.1) is 16.9 Å². The summed E-state index contributed by atoms with van der Waals surface area (Å²) in [6.07, 6.45) is 2.12. The molecule has 2 aromatic heterocycles. The first-order chi connectivity index (χ1) is 12.4. The Bertz CT molecular complexity index is 1280. The number of fused-ring (bicyclic) bond motifs is 3. The number of aryl methyl sites for hydroxylation is 2. The van der Waals surface area contributed by atoms with Crippen molar-refractivity contribution in [3.8, 4) is 11.3 Å². The van der Waals surface area contributed by atoms with Gasteiger partial charge in [0.15, 0.2) is 0 Å². The number of pyridine rings is 1. The highest BCUT2D eigenvalue weighted by molar-refractivity contribution is 6.13. The average Bonchev–Trinajstić information content (AvgIpc) is 3.09. The van der Waals surface area contributed by atoms with Crippen molar-refractivity contribution in [2.24, 2.45) is 0 Å². The van der Waals surface area contributed by atoms with Crippen LogP contribution in [0.25, 0.3) is 38.6 Å². The fourth-order valence-corrected chi connectivity index (χ4v) is 4.37. The third-order valence-electron chi connectivity index (χ3n) is 5.45. The summed E-state index contributed by atoms with van der Waals surface area (Å²) in [6.45, 7) is 0. The Labute approximate surface area is 145 Å². The maximum atomic E-state index is 5.13. The normalized spacial score (nSPS) is 13.3. The van der Waals surface area contributed by atoms with Crippen LogP contribution in [0, 0.1) is 0 Å². The summed E-state index contributed by atoms with van der Waals surface area (Å²) >= 11 is 0. The van der Waals surface area contributed by atoms with Gasteiger partial charge in [-0.05, 0) is 23.8 Å². The minimum atomic E-state index is 1.04. The third-order valence-corrected chi connectivity index (χ3v) is 5.45. The molecule has 1 aliphatic rings. The number of imidazole rings is 1. The molecule has 0 N–H and O–H groups in total. The number of nitrogens with zero attached hydrogens (tertiary/aromatic N) is 2. The lowest BCUT2D eigenvalue weighted by Gasteiger charge is -2.18. The molecule has 0 saturated carbocycles. The number of hydrogen-bond donors (Lipinski definition) is 0. The topological polar surface area (TPSA) is 17.3 Å². The second-order valence-electron chi connectivity index (χ2n) is 6.79. The van der Waals surface area contributed by atoms with Gasteiger partial charge >= 0.3 is 0 Å². The van der Waals surface area contributed by atoms with Gasteiger partial charge in [0.25, 0.3) is 0 Å². The van der Waals surface area contributed by atoms with Crippen LogP contribution in [0.3, 0.4) is 0 Å². The van der Waals surface area contributed by atoms with Gasteiger partial charge in [0.1, 0.15) is 5.65 Å². The molecule has 0 bridgehead atoms. The van der Waals surface area contributed by atoms with E-state index in [-0.39, 0.29) is 0 Å². The highest BCUT2D eigenvalue weighted by atomic mass is 15.0. The van der Waals surface area contributed by atoms with Crippen molar-refractivity contribution in [1.29, 1.82) is 0 Å². The Morgan fingerprint density at radius 2 is 1.44 bits per heavy atom. The predicted molar refractivity (Wildman–Crippen MR) is 103 cm³/mol. The largest absolute Gasteiger partial charge is 0.295 e. The van der Waals surface area contributed by atoms with Crippen molar-refractivity contribution in [3.05, 3.63) is 84.1 Å². The molecule has 0 unspecified atom stereocenters. The molecule has 2 heteroatoms. The zero-order valence-electron chi connectivity index (χ0n) is 13.7. The minimum absolute atomic E-state index is 1.04. The fraction of sp³-hybridized carbons (Fsp3) is 0.0870. The van der Waals surface area contributed by atoms with Crippen LogP contribution in [0.2, 0.25) is 0 Å². The summed E-state index contributed by atoms with van der Waals surface area (Å²) in [7, 11) is 0. The lowest BCUT2D eigenvalue weighted by Crippen LogP contribution is -2.07. The summed E-state index contributed by atoms with van der Waals surface area (Å²) < 4.78 is 2.42. The summed E-state index contributed by atoms with van der Waals surface area (Å²) in [5.74, 6) is 0. The minimum Gasteiger partial charge on any atom is -0.295 e. The lowest BCUT2D eigenvalue weighted by atomic mass is 9.96. The fourth-order valence-electron chi connectivity index (χ4n) is 4.37. The Hall–Kier alpha value is -3.13. The van der Waals surface area contributed by atoms with Gasteiger partial charge in [0, 0.05) is 16.3 Å². The van der Waals surface area contributed by atoms with Crippen LogP contribution in [-0.4, -0.2) is 9.38 Å². The predicted octanol–water partition coefficient (Wildman–Crippen LogP) is 5.41. The number of hydrogen-bond acceptors (Lipinski definition) is 1. The van der Waals surface area contributed by atoms with Crippen molar-refractivity contribution in [3.63, 3.8) is 0 Å². The maximum Gasteiger partial charge on any atom is 0.146 e. The van der Waals surface area contributed by atoms with E-state index in [2.05, 4.69) is 77.2 Å². The first-order valence-corrected chi connectivity index (χ1v) is 8.81. The van der Waals surface area contributed by atoms with Crippen molar-refractivity contribution < 1.29 is 0 Å². The van der Waals surface area contributed by atoms with Crippen molar-refractivity contribution >= 4 is 27.3 Å². The molecular weight excluding hydrogens is 304 g/mol. The van der Waals surface area contributed by atoms with E-state index in [0.717, 1.165) is 24.2 Å². The molecule has 0 amide bonds. The van der Waals surface area contributed by atoms with Crippen molar-refractivity contribution in [2.75, 3.05) is 0 Å². The van der Waals surface area contributed by atoms with Gasteiger partial charge in [-0.1, -0.05) is 72.8 Å². The standard InChI is InChI=1S/C23H16N2/c1-2-7-15(8-3-1)21-20-14-13-16-9-6-12-18-17-10-4-5-11-19(17)23(24-21)25(20)22(16)18/h1-12H,13-14H2. The van der Waals surface area contributed by atoms with Gasteiger partial charge in [0.2, 0.25) is 0 Å². The highest BCUT2D eigenvalue weighted by Crippen LogP contribution is 2.38. The van der Waals surface area contributed by atoms with E-state index in [9.17, 15) is 0 Å². The van der Waals surface area contributed by atoms with E-state index in [0.29, 0.717) is 0 Å². The van der Waals surface area contributed by atoms with E-state index < -0.39 is 0 Å². The average molecular weight is 320 g/mol. The molecule has 0 atom stereocenters. The third kappa shape index (κ3) is 1.66. The van der Waals surface area contributed by atoms with Crippen molar-refractivity contribution in [2.45, 2.75) is 12.8 Å². The smallest absolute Gasteiger partial charge is 0.146 e. The highest BCUT2D eigenvalue weighted by Gasteiger charge is 2.23. The number of rotatable bonds is 1. The summed E-state index contributed by atoms with van der Waals surface area (Å²) in [6, 6.07) is 25.9. The molecule has 3 aromatic carbocycles. The lowest BCUT2D eigenvalue weighted by molar-refractivity contribution is 0.879. The summed E-state index contributed by atoms with van der Waals surface area (Å²) in [5, 5.41) is 3.86. The van der Waals surface area contributed by atoms with E-state index in [1.807, 2.05) is 0 Å². The zero-order chi connectivity index (χ0) is 16.4. The molecule has 25 heavy (non-hydrogen) atoms. The molecule has 2 nitrogen and oxygen atoms in total. The molecule has 118 valence electrons. The van der Waals surface area contributed by atoms with Crippen LogP contribution in [0.15, 0.2) is 72.8 Å². The summed E-state index contributed by atoms with van der Waals surface area (Å²) in [4.78, 5) is 5.13. The first-order valence-electron chi connectivity index (χ1n) is 8.81. The quantitative estimate of drug-likeness (QED) is 0.378. The van der Waals surface area contributed by atoms with Crippen LogP contribution in [-0.2, 0) is 12.8 Å². The van der Waals surface area contributed by atoms with Crippen LogP contribution >= 0.6 is 0 Å². The molecule has 3 heterocycles. The van der Waals surface area contributed by atoms with E-state index >= 15 is 0 Å². The van der Waals surface area contributed by atoms with Crippen LogP contribution < -0.4 is 0 Å². The number of para-hydroxylation sites is 1. The van der Waals surface area contributed by atoms with Crippen molar-refractivity contribution in [1.82, 2.24) is 9.38 Å². The molecule has 5 aromatic rings. The van der Waals surface area contributed by atoms with E-state index in [4.69, 9.17) is 4.98 Å². The molecule has 6 rings (SSSR count). The number of aromatic nitrogens is 2. The van der Waals surface area contributed by atoms with Gasteiger partial charge in [-0.15, -0.1) is 0 Å². The van der Waals surface area contributed by atoms with Gasteiger partial charge in [-0.2, -0.15) is 0 Å². The zero-order valence-corrected chi connectivity index (χ0v) is 13.7. The van der Waals surface area contributed by atoms with Gasteiger partial charge < -0.3 is 0 Å². The Kier molecular flexibility index (Phi) is 2.48. The van der Waals surface area contributed by atoms with Crippen LogP contribution in [0.5, 0.6) is 0 Å². The van der Waals surface area contributed by atoms with Crippen LogP contribution in [0.1, 0.15) is 11.3 Å². The molecule has 1 aliphatic heterocycles. The van der Waals surface area contributed by atoms with Gasteiger partial charge in [-0.25, -0.2) is 4.98 Å². The van der Waals surface area contributed by atoms with E-state index in [1.165, 1.54) is 38.5 Å². The monoisotopic (exact) mass is 320 g/mol. The SMILES string of the molecule is c1ccc(-c2nc3c4ccccc4c4cccc5c4n3c2CC5)cc1. The molecule has 0 spiro atoms. The van der Waals surface area contributed by atoms with E-state index in [1.54, 1.807) is 0 Å². The van der Waals surface area contributed by atoms with Crippen LogP contribution in [0.4, 0.5) is 0 Å². The molecule has 0 aliphatic carbocycles. The molecule has 0 saturated heterocycles. The Morgan fingerprint density at radius 3 is 2.32 bits per heavy atom. The Balaban J connectivity index is 1.91. The molecule has 0 fully saturated rings. The summed E-state index contributed by atoms with van der Waals surface area (Å²) in [5.41, 5.74) is 7.54. The van der Waals surface area contributed by atoms with Gasteiger partial charge in [-0.3, -0.25) is 4.40 Å². The maximum absolute atomic E-state index is 5.13. The molecular formula is C23H16N2. The number of benzene rings is 3. The first kappa shape index (κ1) is 13.2.